The van der Waals surface area contributed by atoms with Crippen molar-refractivity contribution in [2.24, 2.45) is 5.73 Å². The monoisotopic (exact) mass is 381 g/mol. The number of nitrogens with one attached hydrogen (secondary N) is 1. The van der Waals surface area contributed by atoms with Gasteiger partial charge in [-0.05, 0) is 42.2 Å². The Morgan fingerprint density at radius 2 is 1.89 bits per heavy atom. The molecule has 1 atom stereocenters. The van der Waals surface area contributed by atoms with E-state index in [-0.39, 0.29) is 12.5 Å². The maximum absolute atomic E-state index is 12.6. The molecule has 1 aliphatic heterocycles. The normalized spacial score (nSPS) is 16.1. The Morgan fingerprint density at radius 3 is 2.57 bits per heavy atom. The first kappa shape index (κ1) is 19.6. The molecule has 1 unspecified atom stereocenters. The van der Waals surface area contributed by atoms with Crippen LogP contribution in [0.5, 0.6) is 0 Å². The molecule has 1 aliphatic rings. The summed E-state index contributed by atoms with van der Waals surface area (Å²) in [7, 11) is 1.30. The van der Waals surface area contributed by atoms with Crippen LogP contribution in [0.15, 0.2) is 42.5 Å². The molecule has 0 spiro atoms. The number of amides is 2. The summed E-state index contributed by atoms with van der Waals surface area (Å²) in [6.07, 6.45) is 0.482. The van der Waals surface area contributed by atoms with Gasteiger partial charge in [0.2, 0.25) is 11.8 Å². The first-order valence-corrected chi connectivity index (χ1v) is 8.98. The fourth-order valence-electron chi connectivity index (χ4n) is 3.40. The number of carbonyl (C=O) groups is 3. The number of nitrogens with two attached hydrogens (primary N) is 1. The van der Waals surface area contributed by atoms with Gasteiger partial charge in [-0.2, -0.15) is 0 Å². The number of methoxy groups -OCH3 is 1. The van der Waals surface area contributed by atoms with Crippen LogP contribution in [0.25, 0.3) is 0 Å². The third kappa shape index (κ3) is 4.20. The van der Waals surface area contributed by atoms with E-state index in [4.69, 9.17) is 10.5 Å². The second-order valence-corrected chi connectivity index (χ2v) is 6.87. The molecule has 3 rings (SSSR count). The van der Waals surface area contributed by atoms with Crippen LogP contribution in [0.1, 0.15) is 27.0 Å². The molecule has 0 aliphatic carbocycles. The summed E-state index contributed by atoms with van der Waals surface area (Å²) in [5.74, 6) is -1.21. The highest BCUT2D eigenvalue weighted by molar-refractivity contribution is 5.96. The third-order valence-electron chi connectivity index (χ3n) is 4.95. The largest absolute Gasteiger partial charge is 0.465 e. The van der Waals surface area contributed by atoms with E-state index >= 15 is 0 Å². The molecule has 7 nitrogen and oxygen atoms in total. The van der Waals surface area contributed by atoms with Crippen molar-refractivity contribution in [3.63, 3.8) is 0 Å². The van der Waals surface area contributed by atoms with Crippen LogP contribution in [0.3, 0.4) is 0 Å². The van der Waals surface area contributed by atoms with Crippen LogP contribution in [0.4, 0.5) is 5.69 Å². The van der Waals surface area contributed by atoms with Crippen molar-refractivity contribution >= 4 is 23.5 Å². The van der Waals surface area contributed by atoms with Gasteiger partial charge in [-0.3, -0.25) is 14.5 Å². The van der Waals surface area contributed by atoms with Crippen molar-refractivity contribution in [3.8, 4) is 0 Å². The Bertz CT molecular complexity index is 926. The molecule has 0 aromatic heterocycles. The van der Waals surface area contributed by atoms with Gasteiger partial charge in [0.1, 0.15) is 0 Å². The summed E-state index contributed by atoms with van der Waals surface area (Å²) in [4.78, 5) is 38.1. The predicted molar refractivity (Wildman–Crippen MR) is 105 cm³/mol. The lowest BCUT2D eigenvalue weighted by Crippen LogP contribution is -2.50. The molecule has 28 heavy (non-hydrogen) atoms. The number of carbonyl (C=O) groups excluding carboxylic acids is 3. The number of aryl methyl sites for hydroxylation is 1. The van der Waals surface area contributed by atoms with Crippen molar-refractivity contribution in [2.75, 3.05) is 19.0 Å². The number of anilines is 1. The van der Waals surface area contributed by atoms with Crippen LogP contribution in [0, 0.1) is 6.92 Å². The second kappa shape index (κ2) is 8.22. The zero-order valence-electron chi connectivity index (χ0n) is 15.9. The summed E-state index contributed by atoms with van der Waals surface area (Å²) in [6.45, 7) is 2.32. The zero-order chi connectivity index (χ0) is 20.3. The van der Waals surface area contributed by atoms with Gasteiger partial charge in [-0.25, -0.2) is 4.79 Å². The number of hydrogen-bond acceptors (Lipinski definition) is 5. The molecule has 0 bridgehead atoms. The van der Waals surface area contributed by atoms with Gasteiger partial charge >= 0.3 is 5.97 Å². The highest BCUT2D eigenvalue weighted by atomic mass is 16.5. The van der Waals surface area contributed by atoms with E-state index in [0.29, 0.717) is 24.2 Å². The summed E-state index contributed by atoms with van der Waals surface area (Å²) in [5.41, 5.74) is 9.42. The smallest absolute Gasteiger partial charge is 0.337 e. The molecule has 0 radical (unpaired) electrons. The summed E-state index contributed by atoms with van der Waals surface area (Å²) in [6, 6.07) is 12.2. The average Bonchev–Trinajstić information content (AvgIpc) is 2.68. The van der Waals surface area contributed by atoms with E-state index in [2.05, 4.69) is 5.32 Å². The maximum Gasteiger partial charge on any atom is 0.337 e. The number of hydrogen-bond donors (Lipinski definition) is 2. The number of rotatable bonds is 5. The fourth-order valence-corrected chi connectivity index (χ4v) is 3.40. The lowest BCUT2D eigenvalue weighted by atomic mass is 9.93. The number of esters is 1. The number of ether oxygens (including phenoxy) is 1. The van der Waals surface area contributed by atoms with Gasteiger partial charge in [0.05, 0.1) is 25.3 Å². The van der Waals surface area contributed by atoms with Crippen molar-refractivity contribution in [2.45, 2.75) is 25.9 Å². The van der Waals surface area contributed by atoms with Crippen LogP contribution in [-0.2, 0) is 27.3 Å². The van der Waals surface area contributed by atoms with Crippen molar-refractivity contribution in [3.05, 3.63) is 64.7 Å². The molecule has 0 saturated carbocycles. The minimum absolute atomic E-state index is 0.0177. The maximum atomic E-state index is 12.6. The number of nitrogens with zero attached hydrogens (tertiary/aromatic N) is 1. The Balaban J connectivity index is 1.75. The van der Waals surface area contributed by atoms with Crippen LogP contribution in [0.2, 0.25) is 0 Å². The van der Waals surface area contributed by atoms with Gasteiger partial charge in [0.25, 0.3) is 0 Å². The number of primary amides is 1. The van der Waals surface area contributed by atoms with E-state index in [1.165, 1.54) is 7.11 Å². The SMILES string of the molecule is COC(=O)c1ccc(C)c(NC(=O)CN2Cc3ccccc3CC2C(N)=O)c1. The Morgan fingerprint density at radius 1 is 1.18 bits per heavy atom. The summed E-state index contributed by atoms with van der Waals surface area (Å²) >= 11 is 0. The molecule has 3 N–H and O–H groups in total. The van der Waals surface area contributed by atoms with Crippen LogP contribution in [-0.4, -0.2) is 42.4 Å². The molecule has 7 heteroatoms. The van der Waals surface area contributed by atoms with Gasteiger partial charge in [-0.15, -0.1) is 0 Å². The predicted octanol–water partition coefficient (Wildman–Crippen LogP) is 1.63. The molecule has 2 amide bonds. The van der Waals surface area contributed by atoms with E-state index in [1.807, 2.05) is 31.2 Å². The quantitative estimate of drug-likeness (QED) is 0.767. The van der Waals surface area contributed by atoms with Crippen LogP contribution >= 0.6 is 0 Å². The van der Waals surface area contributed by atoms with Crippen molar-refractivity contribution in [1.82, 2.24) is 4.90 Å². The molecule has 2 aromatic carbocycles. The topological polar surface area (TPSA) is 102 Å². The second-order valence-electron chi connectivity index (χ2n) is 6.87. The molecule has 0 saturated heterocycles. The van der Waals surface area contributed by atoms with E-state index in [9.17, 15) is 14.4 Å². The minimum Gasteiger partial charge on any atom is -0.465 e. The Hall–Kier alpha value is -3.19. The molecule has 2 aromatic rings. The number of benzene rings is 2. The summed E-state index contributed by atoms with van der Waals surface area (Å²) in [5, 5.41) is 2.82. The van der Waals surface area contributed by atoms with Gasteiger partial charge in [0, 0.05) is 12.2 Å². The van der Waals surface area contributed by atoms with E-state index in [1.54, 1.807) is 23.1 Å². The standard InChI is InChI=1S/C21H23N3O4/c1-13-7-8-15(21(27)28-2)9-17(13)23-19(25)12-24-11-16-6-4-3-5-14(16)10-18(24)20(22)26/h3-9,18H,10-12H2,1-2H3,(H2,22,26)(H,23,25). The van der Waals surface area contributed by atoms with Crippen molar-refractivity contribution in [1.29, 1.82) is 0 Å². The van der Waals surface area contributed by atoms with E-state index in [0.717, 1.165) is 16.7 Å². The van der Waals surface area contributed by atoms with Crippen LogP contribution < -0.4 is 11.1 Å². The highest BCUT2D eigenvalue weighted by Gasteiger charge is 2.31. The van der Waals surface area contributed by atoms with Gasteiger partial charge in [-0.1, -0.05) is 30.3 Å². The lowest BCUT2D eigenvalue weighted by molar-refractivity contribution is -0.125. The molecular formula is C21H23N3O4. The Labute approximate surface area is 163 Å². The first-order valence-electron chi connectivity index (χ1n) is 8.98. The molecule has 146 valence electrons. The average molecular weight is 381 g/mol. The van der Waals surface area contributed by atoms with Gasteiger partial charge < -0.3 is 15.8 Å². The fraction of sp³-hybridized carbons (Fsp3) is 0.286. The zero-order valence-corrected chi connectivity index (χ0v) is 15.9. The highest BCUT2D eigenvalue weighted by Crippen LogP contribution is 2.23. The lowest BCUT2D eigenvalue weighted by Gasteiger charge is -2.34. The number of fused-ring (bicyclic) bond motifs is 1. The Kier molecular flexibility index (Phi) is 5.75. The molecular weight excluding hydrogens is 358 g/mol. The molecule has 1 heterocycles. The van der Waals surface area contributed by atoms with Gasteiger partial charge in [0.15, 0.2) is 0 Å². The van der Waals surface area contributed by atoms with Crippen molar-refractivity contribution < 1.29 is 19.1 Å². The first-order chi connectivity index (χ1) is 13.4. The molecule has 0 fully saturated rings. The third-order valence-corrected chi connectivity index (χ3v) is 4.95. The van der Waals surface area contributed by atoms with E-state index < -0.39 is 17.9 Å². The minimum atomic E-state index is -0.539. The summed E-state index contributed by atoms with van der Waals surface area (Å²) < 4.78 is 4.72.